The van der Waals surface area contributed by atoms with Crippen LogP contribution in [0.15, 0.2) is 84.0 Å². The summed E-state index contributed by atoms with van der Waals surface area (Å²) in [5.74, 6) is 0.595. The van der Waals surface area contributed by atoms with Gasteiger partial charge in [0.2, 0.25) is 5.95 Å². The number of piperidine rings is 1. The van der Waals surface area contributed by atoms with E-state index in [1.165, 1.54) is 22.6 Å². The van der Waals surface area contributed by atoms with E-state index >= 15 is 0 Å². The van der Waals surface area contributed by atoms with Crippen LogP contribution < -0.4 is 5.32 Å². The third-order valence-electron chi connectivity index (χ3n) is 10.4. The molecule has 1 amide bonds. The average Bonchev–Trinajstić information content (AvgIpc) is 3.92. The highest BCUT2D eigenvalue weighted by Crippen LogP contribution is 2.39. The molecule has 268 valence electrons. The maximum absolute atomic E-state index is 14.2. The van der Waals surface area contributed by atoms with E-state index < -0.39 is 9.84 Å². The van der Waals surface area contributed by atoms with Gasteiger partial charge in [-0.25, -0.2) is 18.1 Å². The van der Waals surface area contributed by atoms with E-state index in [-0.39, 0.29) is 21.8 Å². The molecule has 51 heavy (non-hydrogen) atoms. The molecule has 3 aromatic carbocycles. The standard InChI is InChI=1S/C37H45N9O4S/c1-3-50-24-23-45-33-12-8-7-11-32(33)40-36(45)39-29-15-19-43(20-16-29)21-17-37(28-9-5-4-6-10-28)18-22-44(26-37)35(47)31-25-30(46-27-38-41-42-46)13-14-34(31)51(2,48)49/h4-14,25,27,29H,3,15-24,26H2,1-2H3,(H,39,40). The van der Waals surface area contributed by atoms with Crippen molar-refractivity contribution in [2.75, 3.05) is 57.5 Å². The molecule has 4 heterocycles. The van der Waals surface area contributed by atoms with Gasteiger partial charge in [0, 0.05) is 57.0 Å². The minimum atomic E-state index is -3.67. The van der Waals surface area contributed by atoms with Crippen LogP contribution in [0.4, 0.5) is 5.95 Å². The van der Waals surface area contributed by atoms with Crippen molar-refractivity contribution < 1.29 is 17.9 Å². The van der Waals surface area contributed by atoms with Crippen molar-refractivity contribution >= 4 is 32.7 Å². The van der Waals surface area contributed by atoms with E-state index in [9.17, 15) is 13.2 Å². The summed E-state index contributed by atoms with van der Waals surface area (Å²) >= 11 is 0. The number of para-hydroxylation sites is 2. The van der Waals surface area contributed by atoms with Crippen molar-refractivity contribution in [3.8, 4) is 5.69 Å². The summed E-state index contributed by atoms with van der Waals surface area (Å²) in [7, 11) is -3.67. The summed E-state index contributed by atoms with van der Waals surface area (Å²) in [6, 6.07) is 23.6. The topological polar surface area (TPSA) is 140 Å². The van der Waals surface area contributed by atoms with Crippen molar-refractivity contribution in [1.82, 2.24) is 39.6 Å². The Balaban J connectivity index is 1.03. The Kier molecular flexibility index (Phi) is 10.2. The van der Waals surface area contributed by atoms with Crippen LogP contribution in [0.25, 0.3) is 16.7 Å². The number of rotatable bonds is 13. The van der Waals surface area contributed by atoms with Crippen molar-refractivity contribution in [3.63, 3.8) is 0 Å². The molecule has 2 aromatic heterocycles. The molecule has 5 aromatic rings. The molecule has 2 aliphatic rings. The van der Waals surface area contributed by atoms with Crippen LogP contribution in [0.3, 0.4) is 0 Å². The van der Waals surface area contributed by atoms with Crippen molar-refractivity contribution in [2.45, 2.75) is 55.5 Å². The Bertz CT molecular complexity index is 2060. The van der Waals surface area contributed by atoms with Crippen LogP contribution in [0.1, 0.15) is 48.5 Å². The summed E-state index contributed by atoms with van der Waals surface area (Å²) < 4.78 is 34.9. The van der Waals surface area contributed by atoms with E-state index in [4.69, 9.17) is 9.72 Å². The predicted octanol–water partition coefficient (Wildman–Crippen LogP) is 4.20. The summed E-state index contributed by atoms with van der Waals surface area (Å²) in [6.07, 6.45) is 6.23. The molecule has 1 N–H and O–H groups in total. The number of likely N-dealkylation sites (tertiary alicyclic amines) is 2. The maximum Gasteiger partial charge on any atom is 0.255 e. The molecule has 7 rings (SSSR count). The number of nitrogens with zero attached hydrogens (tertiary/aromatic N) is 8. The van der Waals surface area contributed by atoms with Gasteiger partial charge in [-0.05, 0) is 85.5 Å². The molecule has 14 heteroatoms. The highest BCUT2D eigenvalue weighted by atomic mass is 32.2. The number of fused-ring (bicyclic) bond motifs is 1. The van der Waals surface area contributed by atoms with Crippen LogP contribution in [0.2, 0.25) is 0 Å². The first kappa shape index (κ1) is 34.8. The fourth-order valence-corrected chi connectivity index (χ4v) is 8.45. The number of benzene rings is 3. The molecule has 1 unspecified atom stereocenters. The van der Waals surface area contributed by atoms with E-state index in [2.05, 4.69) is 66.7 Å². The van der Waals surface area contributed by atoms with Gasteiger partial charge in [0.05, 0.1) is 33.8 Å². The predicted molar refractivity (Wildman–Crippen MR) is 195 cm³/mol. The van der Waals surface area contributed by atoms with Gasteiger partial charge < -0.3 is 24.4 Å². The fourth-order valence-electron chi connectivity index (χ4n) is 7.59. The number of aromatic nitrogens is 6. The number of tetrazole rings is 1. The van der Waals surface area contributed by atoms with Gasteiger partial charge in [-0.1, -0.05) is 42.5 Å². The largest absolute Gasteiger partial charge is 0.380 e. The van der Waals surface area contributed by atoms with Crippen molar-refractivity contribution in [2.24, 2.45) is 0 Å². The number of anilines is 1. The highest BCUT2D eigenvalue weighted by molar-refractivity contribution is 7.90. The molecule has 0 radical (unpaired) electrons. The lowest BCUT2D eigenvalue weighted by Crippen LogP contribution is -2.42. The van der Waals surface area contributed by atoms with Crippen LogP contribution in [-0.2, 0) is 26.5 Å². The quantitative estimate of drug-likeness (QED) is 0.177. The summed E-state index contributed by atoms with van der Waals surface area (Å²) in [5, 5.41) is 15.0. The van der Waals surface area contributed by atoms with Crippen molar-refractivity contribution in [1.29, 1.82) is 0 Å². The Hall–Kier alpha value is -4.66. The number of nitrogens with one attached hydrogen (secondary N) is 1. The first-order valence-electron chi connectivity index (χ1n) is 17.7. The lowest BCUT2D eigenvalue weighted by Gasteiger charge is -2.36. The zero-order chi connectivity index (χ0) is 35.4. The molecule has 2 aliphatic heterocycles. The minimum Gasteiger partial charge on any atom is -0.380 e. The summed E-state index contributed by atoms with van der Waals surface area (Å²) in [4.78, 5) is 23.4. The molecule has 13 nitrogen and oxygen atoms in total. The van der Waals surface area contributed by atoms with E-state index in [0.29, 0.717) is 38.0 Å². The monoisotopic (exact) mass is 711 g/mol. The van der Waals surface area contributed by atoms with Gasteiger partial charge in [0.15, 0.2) is 9.84 Å². The van der Waals surface area contributed by atoms with Gasteiger partial charge in [-0.2, -0.15) is 0 Å². The Labute approximate surface area is 298 Å². The number of amides is 1. The van der Waals surface area contributed by atoms with Crippen molar-refractivity contribution in [3.05, 3.63) is 90.3 Å². The molecule has 0 spiro atoms. The summed E-state index contributed by atoms with van der Waals surface area (Å²) in [6.45, 7) is 7.96. The number of carbonyl (C=O) groups excluding carboxylic acids is 1. The van der Waals surface area contributed by atoms with E-state index in [0.717, 1.165) is 75.1 Å². The lowest BCUT2D eigenvalue weighted by atomic mass is 9.76. The second kappa shape index (κ2) is 14.9. The molecule has 0 bridgehead atoms. The molecule has 2 saturated heterocycles. The molecular weight excluding hydrogens is 667 g/mol. The van der Waals surface area contributed by atoms with Gasteiger partial charge in [-0.15, -0.1) is 5.10 Å². The second-order valence-corrected chi connectivity index (χ2v) is 15.6. The Morgan fingerprint density at radius 1 is 1.00 bits per heavy atom. The van der Waals surface area contributed by atoms with Gasteiger partial charge in [0.1, 0.15) is 6.33 Å². The Morgan fingerprint density at radius 3 is 2.53 bits per heavy atom. The number of sulfone groups is 1. The molecule has 0 saturated carbocycles. The van der Waals surface area contributed by atoms with E-state index in [1.54, 1.807) is 12.1 Å². The van der Waals surface area contributed by atoms with Crippen LogP contribution in [0, 0.1) is 0 Å². The molecular formula is C37H45N9O4S. The zero-order valence-corrected chi connectivity index (χ0v) is 30.0. The number of hydrogen-bond donors (Lipinski definition) is 1. The third kappa shape index (κ3) is 7.53. The van der Waals surface area contributed by atoms with Gasteiger partial charge >= 0.3 is 0 Å². The first-order valence-corrected chi connectivity index (χ1v) is 19.6. The second-order valence-electron chi connectivity index (χ2n) is 13.6. The van der Waals surface area contributed by atoms with Crippen LogP contribution in [-0.4, -0.2) is 112 Å². The number of hydrogen-bond acceptors (Lipinski definition) is 10. The highest BCUT2D eigenvalue weighted by Gasteiger charge is 2.42. The van der Waals surface area contributed by atoms with Crippen LogP contribution >= 0.6 is 0 Å². The molecule has 2 fully saturated rings. The Morgan fingerprint density at radius 2 is 1.78 bits per heavy atom. The number of imidazole rings is 1. The smallest absolute Gasteiger partial charge is 0.255 e. The summed E-state index contributed by atoms with van der Waals surface area (Å²) in [5.41, 5.74) is 3.70. The first-order chi connectivity index (χ1) is 24.7. The average molecular weight is 712 g/mol. The molecule has 1 atom stereocenters. The van der Waals surface area contributed by atoms with Crippen LogP contribution in [0.5, 0.6) is 0 Å². The van der Waals surface area contributed by atoms with Gasteiger partial charge in [0.25, 0.3) is 5.91 Å². The third-order valence-corrected chi connectivity index (χ3v) is 11.5. The fraction of sp³-hybridized carbons (Fsp3) is 0.432. The normalized spacial score (nSPS) is 18.8. The lowest BCUT2D eigenvalue weighted by molar-refractivity contribution is 0.0776. The zero-order valence-electron chi connectivity index (χ0n) is 29.2. The minimum absolute atomic E-state index is 0.00266. The van der Waals surface area contributed by atoms with E-state index in [1.807, 2.05) is 30.0 Å². The molecule has 0 aliphatic carbocycles. The van der Waals surface area contributed by atoms with Gasteiger partial charge in [-0.3, -0.25) is 4.79 Å². The number of carbonyl (C=O) groups is 1. The maximum atomic E-state index is 14.2. The SMILES string of the molecule is CCOCCn1c(NC2CCN(CCC3(c4ccccc4)CCN(C(=O)c4cc(-n5cnnn5)ccc4S(C)(=O)=O)C3)CC2)nc2ccccc21. The number of ether oxygens (including phenoxy) is 1.